The third kappa shape index (κ3) is 3.29. The summed E-state index contributed by atoms with van der Waals surface area (Å²) in [6.45, 7) is 5.72. The maximum atomic E-state index is 12.9. The highest BCUT2D eigenvalue weighted by Gasteiger charge is 2.32. The molecule has 2 amide bonds. The molecule has 0 spiro atoms. The molecular formula is C19H24ClN3O. The van der Waals surface area contributed by atoms with E-state index in [1.807, 2.05) is 35.2 Å². The van der Waals surface area contributed by atoms with E-state index in [2.05, 4.69) is 36.0 Å². The Labute approximate surface area is 148 Å². The molecule has 0 unspecified atom stereocenters. The molecule has 0 radical (unpaired) electrons. The quantitative estimate of drug-likeness (QED) is 0.873. The lowest BCUT2D eigenvalue weighted by Gasteiger charge is -2.38. The van der Waals surface area contributed by atoms with E-state index in [0.29, 0.717) is 11.6 Å². The summed E-state index contributed by atoms with van der Waals surface area (Å²) in [5.41, 5.74) is 2.22. The topological polar surface area (TPSA) is 37.3 Å². The van der Waals surface area contributed by atoms with Crippen LogP contribution in [0.15, 0.2) is 42.6 Å². The average molecular weight is 346 g/mol. The van der Waals surface area contributed by atoms with Crippen LogP contribution in [0.1, 0.15) is 44.0 Å². The van der Waals surface area contributed by atoms with E-state index in [0.717, 1.165) is 30.6 Å². The van der Waals surface area contributed by atoms with Gasteiger partial charge in [0.15, 0.2) is 0 Å². The van der Waals surface area contributed by atoms with Crippen LogP contribution in [0.3, 0.4) is 0 Å². The van der Waals surface area contributed by atoms with E-state index < -0.39 is 0 Å². The second-order valence-corrected chi connectivity index (χ2v) is 6.67. The third-order valence-corrected chi connectivity index (χ3v) is 5.05. The van der Waals surface area contributed by atoms with Crippen LogP contribution in [0.25, 0.3) is 0 Å². The van der Waals surface area contributed by atoms with Gasteiger partial charge in [0.2, 0.25) is 0 Å². The largest absolute Gasteiger partial charge is 0.348 e. The Balaban J connectivity index is 1.92. The first-order valence-corrected chi connectivity index (χ1v) is 8.99. The smallest absolute Gasteiger partial charge is 0.318 e. The molecule has 0 bridgehead atoms. The summed E-state index contributed by atoms with van der Waals surface area (Å²) >= 11 is 6.04. The van der Waals surface area contributed by atoms with E-state index >= 15 is 0 Å². The summed E-state index contributed by atoms with van der Waals surface area (Å²) in [6.07, 6.45) is 3.96. The zero-order valence-electron chi connectivity index (χ0n) is 14.2. The Kier molecular flexibility index (Phi) is 5.14. The Bertz CT molecular complexity index is 691. The van der Waals surface area contributed by atoms with E-state index in [9.17, 15) is 4.79 Å². The Hall–Kier alpha value is -1.94. The van der Waals surface area contributed by atoms with E-state index in [-0.39, 0.29) is 18.1 Å². The minimum absolute atomic E-state index is 0.0103. The van der Waals surface area contributed by atoms with Crippen molar-refractivity contribution in [1.29, 1.82) is 0 Å². The number of nitrogens with one attached hydrogen (secondary N) is 1. The monoisotopic (exact) mass is 345 g/mol. The zero-order chi connectivity index (χ0) is 17.1. The molecule has 1 aliphatic rings. The third-order valence-electron chi connectivity index (χ3n) is 4.80. The van der Waals surface area contributed by atoms with Crippen molar-refractivity contribution in [2.24, 2.45) is 0 Å². The summed E-state index contributed by atoms with van der Waals surface area (Å²) < 4.78 is 2.22. The number of urea groups is 1. The van der Waals surface area contributed by atoms with Crippen molar-refractivity contribution in [1.82, 2.24) is 14.8 Å². The lowest BCUT2D eigenvalue weighted by Crippen LogP contribution is -2.49. The lowest BCUT2D eigenvalue weighted by molar-refractivity contribution is 0.164. The molecule has 3 rings (SSSR count). The minimum atomic E-state index is -0.0830. The van der Waals surface area contributed by atoms with Crippen LogP contribution in [0.2, 0.25) is 5.02 Å². The minimum Gasteiger partial charge on any atom is -0.348 e. The van der Waals surface area contributed by atoms with Crippen molar-refractivity contribution in [2.75, 3.05) is 6.54 Å². The maximum absolute atomic E-state index is 12.9. The molecule has 2 heterocycles. The summed E-state index contributed by atoms with van der Waals surface area (Å²) in [5, 5.41) is 3.88. The van der Waals surface area contributed by atoms with Gasteiger partial charge in [-0.3, -0.25) is 0 Å². The fraction of sp³-hybridized carbons (Fsp3) is 0.421. The first-order valence-electron chi connectivity index (χ1n) is 8.61. The first kappa shape index (κ1) is 16.9. The van der Waals surface area contributed by atoms with Crippen LogP contribution in [0.4, 0.5) is 4.79 Å². The highest BCUT2D eigenvalue weighted by atomic mass is 35.5. The molecule has 0 aliphatic carbocycles. The number of halogens is 1. The molecule has 0 saturated carbocycles. The molecule has 0 saturated heterocycles. The van der Waals surface area contributed by atoms with Crippen molar-refractivity contribution in [3.8, 4) is 0 Å². The van der Waals surface area contributed by atoms with Crippen LogP contribution < -0.4 is 5.32 Å². The number of rotatable bonds is 4. The number of benzene rings is 1. The van der Waals surface area contributed by atoms with Gasteiger partial charge in [-0.25, -0.2) is 4.79 Å². The standard InChI is InChI=1S/C19H24ClN3O/c1-3-16(4-2)21-19(24)23-13-12-22-11-5-6-17(22)18(23)14-7-9-15(20)10-8-14/h5-11,16,18H,3-4,12-13H2,1-2H3,(H,21,24)/t18-/m0/s1. The van der Waals surface area contributed by atoms with Crippen molar-refractivity contribution in [3.05, 3.63) is 58.9 Å². The lowest BCUT2D eigenvalue weighted by atomic mass is 10.0. The van der Waals surface area contributed by atoms with Crippen LogP contribution in [0, 0.1) is 0 Å². The highest BCUT2D eigenvalue weighted by Crippen LogP contribution is 2.33. The van der Waals surface area contributed by atoms with Crippen LogP contribution in [-0.4, -0.2) is 28.1 Å². The summed E-state index contributed by atoms with van der Waals surface area (Å²) in [6, 6.07) is 12.1. The van der Waals surface area contributed by atoms with Gasteiger partial charge in [0.25, 0.3) is 0 Å². The first-order chi connectivity index (χ1) is 11.6. The molecule has 0 fully saturated rings. The molecular weight excluding hydrogens is 322 g/mol. The Morgan fingerprint density at radius 2 is 1.92 bits per heavy atom. The molecule has 1 aromatic heterocycles. The molecule has 1 aliphatic heterocycles. The van der Waals surface area contributed by atoms with Gasteiger partial charge in [0.1, 0.15) is 0 Å². The van der Waals surface area contributed by atoms with E-state index in [1.165, 1.54) is 0 Å². The fourth-order valence-corrected chi connectivity index (χ4v) is 3.47. The number of hydrogen-bond acceptors (Lipinski definition) is 1. The van der Waals surface area contributed by atoms with Crippen molar-refractivity contribution in [2.45, 2.75) is 45.3 Å². The van der Waals surface area contributed by atoms with Gasteiger partial charge in [0, 0.05) is 36.0 Å². The average Bonchev–Trinajstić information content (AvgIpc) is 3.08. The van der Waals surface area contributed by atoms with Gasteiger partial charge < -0.3 is 14.8 Å². The summed E-state index contributed by atoms with van der Waals surface area (Å²) in [7, 11) is 0. The second kappa shape index (κ2) is 7.31. The Morgan fingerprint density at radius 1 is 1.21 bits per heavy atom. The molecule has 128 valence electrons. The number of carbonyl (C=O) groups excluding carboxylic acids is 1. The maximum Gasteiger partial charge on any atom is 0.318 e. The van der Waals surface area contributed by atoms with Gasteiger partial charge in [-0.2, -0.15) is 0 Å². The summed E-state index contributed by atoms with van der Waals surface area (Å²) in [5.74, 6) is 0. The van der Waals surface area contributed by atoms with E-state index in [4.69, 9.17) is 11.6 Å². The van der Waals surface area contributed by atoms with Crippen molar-refractivity contribution in [3.63, 3.8) is 0 Å². The predicted octanol–water partition coefficient (Wildman–Crippen LogP) is 4.44. The molecule has 1 aromatic carbocycles. The predicted molar refractivity (Wildman–Crippen MR) is 97.3 cm³/mol. The molecule has 24 heavy (non-hydrogen) atoms. The van der Waals surface area contributed by atoms with Crippen LogP contribution in [-0.2, 0) is 6.54 Å². The van der Waals surface area contributed by atoms with Crippen molar-refractivity contribution >= 4 is 17.6 Å². The summed E-state index contributed by atoms with van der Waals surface area (Å²) in [4.78, 5) is 14.8. The molecule has 5 heteroatoms. The van der Waals surface area contributed by atoms with Crippen LogP contribution in [0.5, 0.6) is 0 Å². The van der Waals surface area contributed by atoms with Crippen molar-refractivity contribution < 1.29 is 4.79 Å². The SMILES string of the molecule is CCC(CC)NC(=O)N1CCn2cccc2[C@@H]1c1ccc(Cl)cc1. The van der Waals surface area contributed by atoms with Gasteiger partial charge in [0.05, 0.1) is 6.04 Å². The van der Waals surface area contributed by atoms with E-state index in [1.54, 1.807) is 0 Å². The van der Waals surface area contributed by atoms with Gasteiger partial charge in [-0.1, -0.05) is 37.6 Å². The number of hydrogen-bond donors (Lipinski definition) is 1. The van der Waals surface area contributed by atoms with Gasteiger partial charge in [-0.05, 0) is 42.7 Å². The number of fused-ring (bicyclic) bond motifs is 1. The normalized spacial score (nSPS) is 17.0. The fourth-order valence-electron chi connectivity index (χ4n) is 3.35. The number of nitrogens with zero attached hydrogens (tertiary/aromatic N) is 2. The second-order valence-electron chi connectivity index (χ2n) is 6.24. The number of carbonyl (C=O) groups is 1. The molecule has 4 nitrogen and oxygen atoms in total. The Morgan fingerprint density at radius 3 is 2.58 bits per heavy atom. The zero-order valence-corrected chi connectivity index (χ0v) is 15.0. The molecule has 1 atom stereocenters. The molecule has 2 aromatic rings. The van der Waals surface area contributed by atoms with Gasteiger partial charge in [-0.15, -0.1) is 0 Å². The highest BCUT2D eigenvalue weighted by molar-refractivity contribution is 6.30. The number of aromatic nitrogens is 1. The van der Waals surface area contributed by atoms with Crippen LogP contribution >= 0.6 is 11.6 Å². The number of amides is 2. The van der Waals surface area contributed by atoms with Gasteiger partial charge >= 0.3 is 6.03 Å². The molecule has 1 N–H and O–H groups in total.